The van der Waals surface area contributed by atoms with Crippen LogP contribution in [-0.4, -0.2) is 5.11 Å². The molecule has 0 unspecified atom stereocenters. The summed E-state index contributed by atoms with van der Waals surface area (Å²) in [5.74, 6) is -0.357. The van der Waals surface area contributed by atoms with E-state index in [0.717, 1.165) is 0 Å². The second-order valence-corrected chi connectivity index (χ2v) is 5.56. The highest BCUT2D eigenvalue weighted by Crippen LogP contribution is 2.28. The first-order valence-corrected chi connectivity index (χ1v) is 7.28. The third-order valence-electron chi connectivity index (χ3n) is 3.62. The molecule has 0 aliphatic carbocycles. The van der Waals surface area contributed by atoms with Gasteiger partial charge >= 0.3 is 5.63 Å². The fraction of sp³-hybridized carbons (Fsp3) is 0.118. The van der Waals surface area contributed by atoms with Crippen LogP contribution in [0.4, 0.5) is 10.1 Å². The lowest BCUT2D eigenvalue weighted by molar-refractivity contribution is 0.468. The van der Waals surface area contributed by atoms with Crippen molar-refractivity contribution < 1.29 is 13.9 Å². The lowest BCUT2D eigenvalue weighted by Crippen LogP contribution is -2.06. The molecular weight excluding hydrogens is 321 g/mol. The molecule has 3 rings (SSSR count). The smallest absolute Gasteiger partial charge is 0.336 e. The molecule has 1 aromatic heterocycles. The molecule has 0 bridgehead atoms. The molecule has 3 aromatic rings. The third-order valence-corrected chi connectivity index (χ3v) is 3.93. The molecular formula is C17H13ClFNO3. The standard InChI is InChI=1S/C17H13ClFNO3/c1-9-15(21)5-3-12-10(6-16(22)23-17(9)12)8-20-14-4-2-11(19)7-13(14)18/h2-7,20-21H,8H2,1H3. The van der Waals surface area contributed by atoms with Crippen molar-refractivity contribution in [1.29, 1.82) is 0 Å². The van der Waals surface area contributed by atoms with E-state index in [1.807, 2.05) is 0 Å². The topological polar surface area (TPSA) is 62.5 Å². The van der Waals surface area contributed by atoms with E-state index in [9.17, 15) is 14.3 Å². The molecule has 0 saturated heterocycles. The van der Waals surface area contributed by atoms with Crippen LogP contribution < -0.4 is 10.9 Å². The van der Waals surface area contributed by atoms with Crippen LogP contribution in [0.15, 0.2) is 45.6 Å². The van der Waals surface area contributed by atoms with Gasteiger partial charge in [-0.05, 0) is 42.8 Å². The number of nitrogens with one attached hydrogen (secondary N) is 1. The zero-order valence-electron chi connectivity index (χ0n) is 12.2. The Hall–Kier alpha value is -2.53. The van der Waals surface area contributed by atoms with Gasteiger partial charge in [-0.1, -0.05) is 11.6 Å². The van der Waals surface area contributed by atoms with Crippen LogP contribution >= 0.6 is 11.6 Å². The number of benzene rings is 2. The number of halogens is 2. The number of fused-ring (bicyclic) bond motifs is 1. The quantitative estimate of drug-likeness (QED) is 0.705. The van der Waals surface area contributed by atoms with Crippen molar-refractivity contribution in [3.63, 3.8) is 0 Å². The van der Waals surface area contributed by atoms with Crippen molar-refractivity contribution in [2.75, 3.05) is 5.32 Å². The Kier molecular flexibility index (Phi) is 3.96. The van der Waals surface area contributed by atoms with Crippen LogP contribution in [0.25, 0.3) is 11.0 Å². The Morgan fingerprint density at radius 2 is 2.04 bits per heavy atom. The average Bonchev–Trinajstić information content (AvgIpc) is 2.50. The first-order valence-electron chi connectivity index (χ1n) is 6.90. The molecule has 0 amide bonds. The van der Waals surface area contributed by atoms with Gasteiger partial charge in [0.25, 0.3) is 0 Å². The van der Waals surface area contributed by atoms with Gasteiger partial charge in [-0.3, -0.25) is 0 Å². The van der Waals surface area contributed by atoms with Crippen LogP contribution in [0.2, 0.25) is 5.02 Å². The van der Waals surface area contributed by atoms with Gasteiger partial charge in [0, 0.05) is 23.6 Å². The van der Waals surface area contributed by atoms with Crippen molar-refractivity contribution >= 4 is 28.3 Å². The average molecular weight is 334 g/mol. The van der Waals surface area contributed by atoms with E-state index in [1.54, 1.807) is 19.1 Å². The molecule has 0 spiro atoms. The fourth-order valence-electron chi connectivity index (χ4n) is 2.39. The number of aromatic hydroxyl groups is 1. The van der Waals surface area contributed by atoms with Crippen LogP contribution in [0.5, 0.6) is 5.75 Å². The van der Waals surface area contributed by atoms with Crippen molar-refractivity contribution in [2.24, 2.45) is 0 Å². The Bertz CT molecular complexity index is 952. The highest BCUT2D eigenvalue weighted by atomic mass is 35.5. The number of hydrogen-bond acceptors (Lipinski definition) is 4. The summed E-state index contributed by atoms with van der Waals surface area (Å²) < 4.78 is 18.3. The van der Waals surface area contributed by atoms with E-state index in [4.69, 9.17) is 16.0 Å². The first-order chi connectivity index (χ1) is 11.0. The summed E-state index contributed by atoms with van der Waals surface area (Å²) in [6.45, 7) is 1.98. The molecule has 2 N–H and O–H groups in total. The van der Waals surface area contributed by atoms with E-state index in [2.05, 4.69) is 5.32 Å². The predicted molar refractivity (Wildman–Crippen MR) is 87.6 cm³/mol. The highest BCUT2D eigenvalue weighted by molar-refractivity contribution is 6.33. The summed E-state index contributed by atoms with van der Waals surface area (Å²) in [4.78, 5) is 11.7. The number of hydrogen-bond donors (Lipinski definition) is 2. The molecule has 118 valence electrons. The molecule has 0 saturated carbocycles. The first kappa shape index (κ1) is 15.4. The monoisotopic (exact) mass is 333 g/mol. The Morgan fingerprint density at radius 1 is 1.26 bits per heavy atom. The lowest BCUT2D eigenvalue weighted by atomic mass is 10.1. The summed E-state index contributed by atoms with van der Waals surface area (Å²) in [5.41, 5.74) is 1.60. The number of aryl methyl sites for hydroxylation is 1. The van der Waals surface area contributed by atoms with E-state index < -0.39 is 11.4 Å². The Morgan fingerprint density at radius 3 is 2.78 bits per heavy atom. The van der Waals surface area contributed by atoms with Gasteiger partial charge in [-0.15, -0.1) is 0 Å². The van der Waals surface area contributed by atoms with Gasteiger partial charge in [0.15, 0.2) is 0 Å². The molecule has 0 atom stereocenters. The van der Waals surface area contributed by atoms with Crippen molar-refractivity contribution in [3.05, 3.63) is 68.8 Å². The number of phenolic OH excluding ortho intramolecular Hbond substituents is 1. The molecule has 2 aromatic carbocycles. The van der Waals surface area contributed by atoms with Crippen LogP contribution in [0.1, 0.15) is 11.1 Å². The maximum atomic E-state index is 13.1. The molecule has 1 heterocycles. The molecule has 23 heavy (non-hydrogen) atoms. The lowest BCUT2D eigenvalue weighted by Gasteiger charge is -2.11. The molecule has 6 heteroatoms. The van der Waals surface area contributed by atoms with Gasteiger partial charge in [0.05, 0.1) is 10.7 Å². The zero-order valence-corrected chi connectivity index (χ0v) is 12.9. The molecule has 4 nitrogen and oxygen atoms in total. The van der Waals surface area contributed by atoms with E-state index in [0.29, 0.717) is 34.3 Å². The predicted octanol–water partition coefficient (Wildman–Crippen LogP) is 4.21. The van der Waals surface area contributed by atoms with E-state index >= 15 is 0 Å². The summed E-state index contributed by atoms with van der Waals surface area (Å²) >= 11 is 5.98. The van der Waals surface area contributed by atoms with Crippen molar-refractivity contribution in [3.8, 4) is 5.75 Å². The summed E-state index contributed by atoms with van der Waals surface area (Å²) in [6, 6.07) is 8.65. The molecule has 0 fully saturated rings. The number of phenols is 1. The van der Waals surface area contributed by atoms with Gasteiger partial charge in [0.1, 0.15) is 17.1 Å². The maximum Gasteiger partial charge on any atom is 0.336 e. The molecule has 0 radical (unpaired) electrons. The normalized spacial score (nSPS) is 10.9. The minimum atomic E-state index is -0.506. The summed E-state index contributed by atoms with van der Waals surface area (Å²) in [6.07, 6.45) is 0. The van der Waals surface area contributed by atoms with Gasteiger partial charge in [-0.2, -0.15) is 0 Å². The fourth-order valence-corrected chi connectivity index (χ4v) is 2.62. The van der Waals surface area contributed by atoms with Crippen LogP contribution in [0, 0.1) is 12.7 Å². The van der Waals surface area contributed by atoms with Crippen LogP contribution in [-0.2, 0) is 6.54 Å². The van der Waals surface area contributed by atoms with Gasteiger partial charge in [0.2, 0.25) is 0 Å². The SMILES string of the molecule is Cc1c(O)ccc2c(CNc3ccc(F)cc3Cl)cc(=O)oc12. The number of anilines is 1. The minimum Gasteiger partial charge on any atom is -0.508 e. The zero-order chi connectivity index (χ0) is 16.6. The highest BCUT2D eigenvalue weighted by Gasteiger charge is 2.11. The summed E-state index contributed by atoms with van der Waals surface area (Å²) in [7, 11) is 0. The van der Waals surface area contributed by atoms with Gasteiger partial charge < -0.3 is 14.8 Å². The molecule has 0 aliphatic rings. The van der Waals surface area contributed by atoms with Crippen LogP contribution in [0.3, 0.4) is 0 Å². The second-order valence-electron chi connectivity index (χ2n) is 5.15. The van der Waals surface area contributed by atoms with Crippen molar-refractivity contribution in [1.82, 2.24) is 0 Å². The Labute approximate surface area is 136 Å². The largest absolute Gasteiger partial charge is 0.508 e. The third kappa shape index (κ3) is 3.00. The number of rotatable bonds is 3. The second kappa shape index (κ2) is 5.93. The minimum absolute atomic E-state index is 0.0624. The van der Waals surface area contributed by atoms with Crippen molar-refractivity contribution in [2.45, 2.75) is 13.5 Å². The maximum absolute atomic E-state index is 13.1. The van der Waals surface area contributed by atoms with E-state index in [-0.39, 0.29) is 10.8 Å². The Balaban J connectivity index is 2.00. The van der Waals surface area contributed by atoms with Gasteiger partial charge in [-0.25, -0.2) is 9.18 Å². The molecule has 0 aliphatic heterocycles. The van der Waals surface area contributed by atoms with E-state index in [1.165, 1.54) is 24.3 Å². The summed E-state index contributed by atoms with van der Waals surface area (Å²) in [5, 5.41) is 13.8.